The fraction of sp³-hybridized carbons (Fsp3) is 0.353. The predicted molar refractivity (Wildman–Crippen MR) is 82.9 cm³/mol. The summed E-state index contributed by atoms with van der Waals surface area (Å²) in [5.41, 5.74) is 2.71. The molecule has 1 aromatic carbocycles. The lowest BCUT2D eigenvalue weighted by molar-refractivity contribution is -0.0996. The van der Waals surface area contributed by atoms with Crippen molar-refractivity contribution < 1.29 is 14.4 Å². The first-order valence-electron chi connectivity index (χ1n) is 7.54. The van der Waals surface area contributed by atoms with E-state index >= 15 is 0 Å². The molecule has 0 saturated carbocycles. The van der Waals surface area contributed by atoms with E-state index < -0.39 is 6.09 Å². The fourth-order valence-electron chi connectivity index (χ4n) is 2.83. The zero-order chi connectivity index (χ0) is 15.4. The molecular weight excluding hydrogens is 280 g/mol. The number of carbonyl (C=O) groups excluding carboxylic acids is 1. The number of hydroxylamine groups is 2. The van der Waals surface area contributed by atoms with Crippen molar-refractivity contribution in [3.63, 3.8) is 0 Å². The molecule has 116 valence electrons. The van der Waals surface area contributed by atoms with Gasteiger partial charge in [0.15, 0.2) is 0 Å². The maximum Gasteiger partial charge on any atom is 0.418 e. The van der Waals surface area contributed by atoms with Gasteiger partial charge in [0.25, 0.3) is 0 Å². The first-order valence-corrected chi connectivity index (χ1v) is 7.54. The number of rotatable bonds is 3. The van der Waals surface area contributed by atoms with E-state index in [4.69, 9.17) is 9.57 Å². The third-order valence-electron chi connectivity index (χ3n) is 3.95. The molecule has 0 atom stereocenters. The van der Waals surface area contributed by atoms with Gasteiger partial charge in [-0.3, -0.25) is 10.2 Å². The Bertz CT molecular complexity index is 608. The minimum absolute atomic E-state index is 0.512. The second-order valence-corrected chi connectivity index (χ2v) is 5.41. The van der Waals surface area contributed by atoms with Crippen molar-refractivity contribution in [3.8, 4) is 5.75 Å². The topological polar surface area (TPSA) is 50.8 Å². The maximum absolute atomic E-state index is 12.0. The van der Waals surface area contributed by atoms with Crippen LogP contribution < -0.4 is 10.1 Å². The highest BCUT2D eigenvalue weighted by atomic mass is 16.7. The molecule has 22 heavy (non-hydrogen) atoms. The number of nitrogens with one attached hydrogen (secondary N) is 1. The first-order chi connectivity index (χ1) is 10.8. The summed E-state index contributed by atoms with van der Waals surface area (Å²) in [6, 6.07) is 9.00. The van der Waals surface area contributed by atoms with Crippen molar-refractivity contribution in [2.24, 2.45) is 0 Å². The quantitative estimate of drug-likeness (QED) is 0.930. The third-order valence-corrected chi connectivity index (χ3v) is 3.95. The monoisotopic (exact) mass is 300 g/mol. The molecule has 0 spiro atoms. The molecule has 0 fully saturated rings. The number of amides is 1. The van der Waals surface area contributed by atoms with Gasteiger partial charge in [-0.05, 0) is 55.0 Å². The van der Waals surface area contributed by atoms with Gasteiger partial charge in [-0.25, -0.2) is 9.86 Å². The number of carbonyl (C=O) groups is 1. The summed E-state index contributed by atoms with van der Waals surface area (Å²) < 4.78 is 5.26. The number of benzene rings is 1. The van der Waals surface area contributed by atoms with Gasteiger partial charge in [0.05, 0.1) is 13.7 Å². The van der Waals surface area contributed by atoms with Gasteiger partial charge >= 0.3 is 6.09 Å². The lowest BCUT2D eigenvalue weighted by atomic mass is 9.90. The van der Waals surface area contributed by atoms with Crippen molar-refractivity contribution in [1.82, 2.24) is 10.4 Å². The number of ether oxygens (including phenoxy) is 1. The number of nitrogens with zero attached hydrogens (tertiary/aromatic N) is 1. The van der Waals surface area contributed by atoms with Crippen LogP contribution in [0.25, 0.3) is 0 Å². The molecule has 0 bridgehead atoms. The summed E-state index contributed by atoms with van der Waals surface area (Å²) >= 11 is 0. The second kappa shape index (κ2) is 6.66. The van der Waals surface area contributed by atoms with Gasteiger partial charge in [-0.1, -0.05) is 18.2 Å². The molecule has 1 aliphatic heterocycles. The molecule has 0 radical (unpaired) electrons. The van der Waals surface area contributed by atoms with E-state index in [1.807, 2.05) is 24.3 Å². The fourth-order valence-corrected chi connectivity index (χ4v) is 2.83. The van der Waals surface area contributed by atoms with E-state index in [0.717, 1.165) is 12.8 Å². The Labute approximate surface area is 130 Å². The molecule has 3 rings (SSSR count). The van der Waals surface area contributed by atoms with Gasteiger partial charge in [0.1, 0.15) is 11.6 Å². The van der Waals surface area contributed by atoms with E-state index in [9.17, 15) is 4.79 Å². The van der Waals surface area contributed by atoms with Crippen LogP contribution in [0.5, 0.6) is 5.75 Å². The van der Waals surface area contributed by atoms with Crippen LogP contribution in [0, 0.1) is 0 Å². The summed E-state index contributed by atoms with van der Waals surface area (Å²) in [6.07, 6.45) is 6.07. The SMILES string of the molecule is CON1CC2=C(C=C1NC(=O)Oc1ccccc1)CCCC2. The maximum atomic E-state index is 12.0. The summed E-state index contributed by atoms with van der Waals surface area (Å²) in [5, 5.41) is 4.46. The Kier molecular flexibility index (Phi) is 4.44. The second-order valence-electron chi connectivity index (χ2n) is 5.41. The molecule has 0 unspecified atom stereocenters. The normalized spacial score (nSPS) is 17.7. The third kappa shape index (κ3) is 3.31. The van der Waals surface area contributed by atoms with Crippen LogP contribution in [-0.2, 0) is 4.84 Å². The highest BCUT2D eigenvalue weighted by molar-refractivity contribution is 5.72. The highest BCUT2D eigenvalue weighted by Crippen LogP contribution is 2.31. The van der Waals surface area contributed by atoms with E-state index in [0.29, 0.717) is 18.1 Å². The Hall–Kier alpha value is -2.27. The van der Waals surface area contributed by atoms with E-state index in [1.165, 1.54) is 24.0 Å². The molecular formula is C17H20N2O3. The number of hydrogen-bond acceptors (Lipinski definition) is 4. The molecule has 0 saturated heterocycles. The van der Waals surface area contributed by atoms with Crippen molar-refractivity contribution in [3.05, 3.63) is 53.4 Å². The molecule has 1 aromatic rings. The minimum atomic E-state index is -0.514. The minimum Gasteiger partial charge on any atom is -0.410 e. The van der Waals surface area contributed by atoms with Crippen molar-refractivity contribution in [2.45, 2.75) is 25.7 Å². The Balaban J connectivity index is 1.70. The van der Waals surface area contributed by atoms with Crippen molar-refractivity contribution in [2.75, 3.05) is 13.7 Å². The average molecular weight is 300 g/mol. The van der Waals surface area contributed by atoms with Gasteiger partial charge in [-0.2, -0.15) is 0 Å². The lowest BCUT2D eigenvalue weighted by Crippen LogP contribution is -2.39. The summed E-state index contributed by atoms with van der Waals surface area (Å²) in [5.74, 6) is 1.14. The van der Waals surface area contributed by atoms with Gasteiger partial charge in [-0.15, -0.1) is 0 Å². The smallest absolute Gasteiger partial charge is 0.410 e. The largest absolute Gasteiger partial charge is 0.418 e. The lowest BCUT2D eigenvalue weighted by Gasteiger charge is -2.32. The van der Waals surface area contributed by atoms with Crippen LogP contribution in [-0.4, -0.2) is 24.8 Å². The van der Waals surface area contributed by atoms with Crippen molar-refractivity contribution in [1.29, 1.82) is 0 Å². The van der Waals surface area contributed by atoms with Crippen LogP contribution in [0.4, 0.5) is 4.79 Å². The molecule has 2 aliphatic rings. The molecule has 1 amide bonds. The molecule has 1 aliphatic carbocycles. The molecule has 5 heteroatoms. The Morgan fingerprint density at radius 3 is 2.73 bits per heavy atom. The van der Waals surface area contributed by atoms with Crippen molar-refractivity contribution >= 4 is 6.09 Å². The van der Waals surface area contributed by atoms with Crippen LogP contribution >= 0.6 is 0 Å². The van der Waals surface area contributed by atoms with Crippen LogP contribution in [0.1, 0.15) is 25.7 Å². The zero-order valence-electron chi connectivity index (χ0n) is 12.7. The molecule has 1 N–H and O–H groups in total. The summed E-state index contributed by atoms with van der Waals surface area (Å²) in [4.78, 5) is 17.4. The Morgan fingerprint density at radius 1 is 1.18 bits per heavy atom. The zero-order valence-corrected chi connectivity index (χ0v) is 12.7. The van der Waals surface area contributed by atoms with E-state index in [2.05, 4.69) is 5.32 Å². The molecule has 5 nitrogen and oxygen atoms in total. The summed E-state index contributed by atoms with van der Waals surface area (Å²) in [6.45, 7) is 0.698. The molecule has 1 heterocycles. The van der Waals surface area contributed by atoms with Crippen LogP contribution in [0.2, 0.25) is 0 Å². The Morgan fingerprint density at radius 2 is 1.95 bits per heavy atom. The van der Waals surface area contributed by atoms with Crippen LogP contribution in [0.15, 0.2) is 53.4 Å². The van der Waals surface area contributed by atoms with E-state index in [1.54, 1.807) is 24.3 Å². The highest BCUT2D eigenvalue weighted by Gasteiger charge is 2.24. The molecule has 0 aromatic heterocycles. The van der Waals surface area contributed by atoms with Gasteiger partial charge in [0.2, 0.25) is 0 Å². The van der Waals surface area contributed by atoms with Gasteiger partial charge < -0.3 is 4.74 Å². The predicted octanol–water partition coefficient (Wildman–Crippen LogP) is 3.36. The van der Waals surface area contributed by atoms with Gasteiger partial charge in [0, 0.05) is 0 Å². The number of allylic oxidation sites excluding steroid dienone is 2. The first kappa shape index (κ1) is 14.7. The van der Waals surface area contributed by atoms with E-state index in [-0.39, 0.29) is 0 Å². The number of para-hydroxylation sites is 1. The average Bonchev–Trinajstić information content (AvgIpc) is 2.55. The van der Waals surface area contributed by atoms with Crippen LogP contribution in [0.3, 0.4) is 0 Å². The summed E-state index contributed by atoms with van der Waals surface area (Å²) in [7, 11) is 1.60. The number of hydrogen-bond donors (Lipinski definition) is 1. The standard InChI is InChI=1S/C17H20N2O3/c1-21-19-12-14-8-6-5-7-13(14)11-16(19)18-17(20)22-15-9-3-2-4-10-15/h2-4,9-11H,5-8,12H2,1H3,(H,18,20).